The van der Waals surface area contributed by atoms with E-state index < -0.39 is 0 Å². The number of aliphatic imine (C=N–C) groups is 1. The highest BCUT2D eigenvalue weighted by molar-refractivity contribution is 8.27. The number of amides is 2. The van der Waals surface area contributed by atoms with Crippen LogP contribution in [0.3, 0.4) is 0 Å². The molecule has 0 bridgehead atoms. The van der Waals surface area contributed by atoms with E-state index in [-0.39, 0.29) is 11.8 Å². The zero-order chi connectivity index (χ0) is 19.5. The Kier molecular flexibility index (Phi) is 5.61. The topological polar surface area (TPSA) is 61.8 Å². The average Bonchev–Trinajstić information content (AvgIpc) is 3.31. The van der Waals surface area contributed by atoms with Gasteiger partial charge in [0.1, 0.15) is 0 Å². The van der Waals surface area contributed by atoms with Crippen LogP contribution < -0.4 is 10.2 Å². The summed E-state index contributed by atoms with van der Waals surface area (Å²) in [5.74, 6) is 0.437. The lowest BCUT2D eigenvalue weighted by Crippen LogP contribution is -2.29. The smallest absolute Gasteiger partial charge is 0.270 e. The number of carbonyl (C=O) groups is 2. The highest BCUT2D eigenvalue weighted by Crippen LogP contribution is 2.36. The molecule has 0 aliphatic carbocycles. The Balaban J connectivity index is 1.57. The number of thiocarbonyl (C=S) groups is 1. The molecule has 5 nitrogen and oxygen atoms in total. The molecular weight excluding hydrogens is 410 g/mol. The van der Waals surface area contributed by atoms with Gasteiger partial charge in [0.2, 0.25) is 0 Å². The molecule has 2 aromatic rings. The normalized spacial score (nSPS) is 17.9. The minimum Gasteiger partial charge on any atom is -0.301 e. The Morgan fingerprint density at radius 3 is 2.75 bits per heavy atom. The van der Waals surface area contributed by atoms with Crippen LogP contribution in [0.25, 0.3) is 6.08 Å². The van der Waals surface area contributed by atoms with Gasteiger partial charge in [0, 0.05) is 11.3 Å². The Morgan fingerprint density at radius 1 is 1.18 bits per heavy atom. The predicted octanol–water partition coefficient (Wildman–Crippen LogP) is 3.93. The van der Waals surface area contributed by atoms with E-state index in [9.17, 15) is 9.59 Å². The van der Waals surface area contributed by atoms with Crippen LogP contribution in [-0.4, -0.2) is 33.6 Å². The molecular formula is C20H15N3O2S3. The first kappa shape index (κ1) is 18.9. The second kappa shape index (κ2) is 8.30. The zero-order valence-electron chi connectivity index (χ0n) is 14.6. The Hall–Kier alpha value is -2.42. The minimum atomic E-state index is -0.250. The third-order valence-electron chi connectivity index (χ3n) is 4.06. The molecule has 0 spiro atoms. The molecule has 2 heterocycles. The lowest BCUT2D eigenvalue weighted by molar-refractivity contribution is -0.113. The van der Waals surface area contributed by atoms with Crippen molar-refractivity contribution in [3.8, 4) is 0 Å². The van der Waals surface area contributed by atoms with Crippen LogP contribution in [0.15, 0.2) is 64.5 Å². The number of nitrogens with zero attached hydrogens (tertiary/aromatic N) is 2. The molecule has 2 aliphatic heterocycles. The van der Waals surface area contributed by atoms with Crippen molar-refractivity contribution < 1.29 is 9.59 Å². The zero-order valence-corrected chi connectivity index (χ0v) is 17.1. The van der Waals surface area contributed by atoms with Gasteiger partial charge in [0.25, 0.3) is 11.8 Å². The Labute approximate surface area is 176 Å². The van der Waals surface area contributed by atoms with Gasteiger partial charge in [-0.05, 0) is 29.8 Å². The van der Waals surface area contributed by atoms with Gasteiger partial charge >= 0.3 is 0 Å². The van der Waals surface area contributed by atoms with E-state index in [2.05, 4.69) is 10.3 Å². The summed E-state index contributed by atoms with van der Waals surface area (Å²) >= 11 is 8.20. The molecule has 1 saturated heterocycles. The highest BCUT2D eigenvalue weighted by Gasteiger charge is 2.33. The first-order valence-corrected chi connectivity index (χ1v) is 10.7. The number of hydrogen-bond donors (Lipinski definition) is 1. The number of rotatable bonds is 3. The van der Waals surface area contributed by atoms with Crippen molar-refractivity contribution in [2.45, 2.75) is 0 Å². The second-order valence-corrected chi connectivity index (χ2v) is 8.73. The standard InChI is InChI=1S/C20H15N3O2S3/c24-17(22-19-21-9-10-27-19)14-7-4-8-15(12-14)23-18(25)16(28-20(23)26)11-13-5-2-1-3-6-13/h1-8,11-12H,9-10H2,(H,21,22,24)/b16-11-. The summed E-state index contributed by atoms with van der Waals surface area (Å²) in [6.07, 6.45) is 1.82. The van der Waals surface area contributed by atoms with Crippen molar-refractivity contribution in [3.63, 3.8) is 0 Å². The van der Waals surface area contributed by atoms with E-state index in [4.69, 9.17) is 12.2 Å². The van der Waals surface area contributed by atoms with Crippen molar-refractivity contribution in [1.29, 1.82) is 0 Å². The second-order valence-electron chi connectivity index (χ2n) is 5.97. The van der Waals surface area contributed by atoms with E-state index in [1.165, 1.54) is 28.4 Å². The van der Waals surface area contributed by atoms with E-state index in [0.29, 0.717) is 32.2 Å². The summed E-state index contributed by atoms with van der Waals surface area (Å²) in [4.78, 5) is 31.6. The third-order valence-corrected chi connectivity index (χ3v) is 6.26. The fourth-order valence-corrected chi connectivity index (χ4v) is 4.78. The number of hydrogen-bond acceptors (Lipinski definition) is 6. The van der Waals surface area contributed by atoms with Crippen molar-refractivity contribution in [2.24, 2.45) is 4.99 Å². The average molecular weight is 426 g/mol. The monoisotopic (exact) mass is 425 g/mol. The summed E-state index contributed by atoms with van der Waals surface area (Å²) in [7, 11) is 0. The molecule has 2 aliphatic rings. The van der Waals surface area contributed by atoms with Crippen LogP contribution in [0, 0.1) is 0 Å². The van der Waals surface area contributed by atoms with Crippen LogP contribution in [0.5, 0.6) is 0 Å². The lowest BCUT2D eigenvalue weighted by atomic mass is 10.1. The molecule has 0 aromatic heterocycles. The van der Waals surface area contributed by atoms with Crippen molar-refractivity contribution in [3.05, 3.63) is 70.6 Å². The maximum atomic E-state index is 12.9. The van der Waals surface area contributed by atoms with Crippen LogP contribution in [-0.2, 0) is 4.79 Å². The molecule has 4 rings (SSSR count). The SMILES string of the molecule is O=C(NC1=NCCS1)c1cccc(N2C(=O)/C(=C/c3ccccc3)SC2=S)c1. The quantitative estimate of drug-likeness (QED) is 0.597. The van der Waals surface area contributed by atoms with E-state index >= 15 is 0 Å². The molecule has 0 radical (unpaired) electrons. The van der Waals surface area contributed by atoms with Crippen LogP contribution in [0.2, 0.25) is 0 Å². The molecule has 1 N–H and O–H groups in total. The highest BCUT2D eigenvalue weighted by atomic mass is 32.2. The Bertz CT molecular complexity index is 1020. The lowest BCUT2D eigenvalue weighted by Gasteiger charge is -2.15. The Morgan fingerprint density at radius 2 is 2.00 bits per heavy atom. The van der Waals surface area contributed by atoms with E-state index in [1.807, 2.05) is 36.4 Å². The number of nitrogens with one attached hydrogen (secondary N) is 1. The number of thioether (sulfide) groups is 2. The maximum Gasteiger partial charge on any atom is 0.270 e. The van der Waals surface area contributed by atoms with Crippen molar-refractivity contribution >= 4 is 68.8 Å². The van der Waals surface area contributed by atoms with E-state index in [0.717, 1.165) is 11.3 Å². The molecule has 0 unspecified atom stereocenters. The van der Waals surface area contributed by atoms with Crippen LogP contribution in [0.4, 0.5) is 5.69 Å². The largest absolute Gasteiger partial charge is 0.301 e. The van der Waals surface area contributed by atoms with Gasteiger partial charge in [-0.25, -0.2) is 0 Å². The molecule has 0 saturated carbocycles. The summed E-state index contributed by atoms with van der Waals surface area (Å²) in [6, 6.07) is 16.5. The molecule has 1 fully saturated rings. The fraction of sp³-hybridized carbons (Fsp3) is 0.100. The van der Waals surface area contributed by atoms with Gasteiger partial charge in [0.15, 0.2) is 9.49 Å². The number of anilines is 1. The van der Waals surface area contributed by atoms with Gasteiger partial charge in [-0.15, -0.1) is 0 Å². The molecule has 0 atom stereocenters. The van der Waals surface area contributed by atoms with Gasteiger partial charge in [-0.1, -0.05) is 72.1 Å². The van der Waals surface area contributed by atoms with Gasteiger partial charge < -0.3 is 5.32 Å². The summed E-state index contributed by atoms with van der Waals surface area (Å²) < 4.78 is 0.445. The van der Waals surface area contributed by atoms with Gasteiger partial charge in [0.05, 0.1) is 17.1 Å². The summed E-state index contributed by atoms with van der Waals surface area (Å²) in [6.45, 7) is 0.713. The van der Waals surface area contributed by atoms with Gasteiger partial charge in [-0.3, -0.25) is 19.5 Å². The third kappa shape index (κ3) is 4.04. The summed E-state index contributed by atoms with van der Waals surface area (Å²) in [5, 5.41) is 3.43. The molecule has 140 valence electrons. The molecule has 28 heavy (non-hydrogen) atoms. The van der Waals surface area contributed by atoms with Crippen LogP contribution in [0.1, 0.15) is 15.9 Å². The summed E-state index contributed by atoms with van der Waals surface area (Å²) in [5.41, 5.74) is 1.97. The number of carbonyl (C=O) groups excluding carboxylic acids is 2. The van der Waals surface area contributed by atoms with Gasteiger partial charge in [-0.2, -0.15) is 0 Å². The number of amidine groups is 1. The van der Waals surface area contributed by atoms with Crippen molar-refractivity contribution in [2.75, 3.05) is 17.2 Å². The van der Waals surface area contributed by atoms with Crippen molar-refractivity contribution in [1.82, 2.24) is 5.32 Å². The first-order chi connectivity index (χ1) is 13.6. The minimum absolute atomic E-state index is 0.188. The fourth-order valence-electron chi connectivity index (χ4n) is 2.76. The predicted molar refractivity (Wildman–Crippen MR) is 121 cm³/mol. The van der Waals surface area contributed by atoms with E-state index in [1.54, 1.807) is 24.3 Å². The van der Waals surface area contributed by atoms with Crippen LogP contribution >= 0.6 is 35.7 Å². The maximum absolute atomic E-state index is 12.9. The molecule has 2 aromatic carbocycles. The number of benzene rings is 2. The molecule has 2 amide bonds. The first-order valence-electron chi connectivity index (χ1n) is 8.53. The molecule has 8 heteroatoms.